The predicted molar refractivity (Wildman–Crippen MR) is 69.2 cm³/mol. The molecule has 1 aromatic heterocycles. The molecular weight excluding hydrogens is 238 g/mol. The van der Waals surface area contributed by atoms with Gasteiger partial charge in [0.1, 0.15) is 5.76 Å². The molecule has 0 radical (unpaired) electrons. The van der Waals surface area contributed by atoms with Gasteiger partial charge in [-0.3, -0.25) is 0 Å². The van der Waals surface area contributed by atoms with Crippen molar-refractivity contribution in [1.29, 1.82) is 0 Å². The van der Waals surface area contributed by atoms with Gasteiger partial charge in [-0.05, 0) is 31.5 Å². The van der Waals surface area contributed by atoms with E-state index in [1.807, 2.05) is 26.0 Å². The number of nitrogens with zero attached hydrogens (tertiary/aromatic N) is 1. The van der Waals surface area contributed by atoms with Crippen LogP contribution in [0.3, 0.4) is 0 Å². The summed E-state index contributed by atoms with van der Waals surface area (Å²) in [5.41, 5.74) is 8.26. The van der Waals surface area contributed by atoms with E-state index in [2.05, 4.69) is 10.3 Å². The third-order valence-electron chi connectivity index (χ3n) is 2.44. The summed E-state index contributed by atoms with van der Waals surface area (Å²) < 4.78 is 5.37. The summed E-state index contributed by atoms with van der Waals surface area (Å²) in [6.45, 7) is 4.35. The van der Waals surface area contributed by atoms with E-state index in [1.54, 1.807) is 6.20 Å². The lowest BCUT2D eigenvalue weighted by Gasteiger charge is -2.09. The van der Waals surface area contributed by atoms with Crippen LogP contribution < -0.4 is 11.1 Å². The van der Waals surface area contributed by atoms with Crippen molar-refractivity contribution in [2.45, 2.75) is 20.4 Å². The molecule has 0 aliphatic rings. The zero-order valence-corrected chi connectivity index (χ0v) is 10.5. The quantitative estimate of drug-likeness (QED) is 0.823. The maximum absolute atomic E-state index is 5.97. The lowest BCUT2D eigenvalue weighted by Crippen LogP contribution is -2.02. The smallest absolute Gasteiger partial charge is 0.213 e. The number of nitrogens with two attached hydrogens (primary N) is 1. The highest BCUT2D eigenvalue weighted by molar-refractivity contribution is 6.33. The van der Waals surface area contributed by atoms with Crippen molar-refractivity contribution in [3.63, 3.8) is 0 Å². The van der Waals surface area contributed by atoms with Gasteiger partial charge in [0.2, 0.25) is 5.89 Å². The van der Waals surface area contributed by atoms with Crippen molar-refractivity contribution >= 4 is 23.0 Å². The summed E-state index contributed by atoms with van der Waals surface area (Å²) >= 11 is 5.97. The molecule has 0 amide bonds. The fourth-order valence-electron chi connectivity index (χ4n) is 1.55. The SMILES string of the molecule is Cc1cnc(CNc2cc(Cl)c(N)cc2C)o1. The summed E-state index contributed by atoms with van der Waals surface area (Å²) in [4.78, 5) is 4.11. The number of anilines is 2. The minimum atomic E-state index is 0.523. The van der Waals surface area contributed by atoms with Crippen molar-refractivity contribution in [3.8, 4) is 0 Å². The van der Waals surface area contributed by atoms with Gasteiger partial charge < -0.3 is 15.5 Å². The van der Waals surface area contributed by atoms with E-state index in [1.165, 1.54) is 0 Å². The molecule has 17 heavy (non-hydrogen) atoms. The topological polar surface area (TPSA) is 64.1 Å². The molecule has 0 bridgehead atoms. The van der Waals surface area contributed by atoms with Gasteiger partial charge in [0.05, 0.1) is 23.5 Å². The van der Waals surface area contributed by atoms with E-state index in [-0.39, 0.29) is 0 Å². The van der Waals surface area contributed by atoms with Gasteiger partial charge in [-0.15, -0.1) is 0 Å². The fraction of sp³-hybridized carbons (Fsp3) is 0.250. The molecule has 1 aromatic carbocycles. The Morgan fingerprint density at radius 2 is 2.18 bits per heavy atom. The highest BCUT2D eigenvalue weighted by atomic mass is 35.5. The van der Waals surface area contributed by atoms with Crippen LogP contribution in [-0.2, 0) is 6.54 Å². The summed E-state index contributed by atoms with van der Waals surface area (Å²) in [6.07, 6.45) is 1.69. The summed E-state index contributed by atoms with van der Waals surface area (Å²) in [5.74, 6) is 1.45. The molecule has 0 saturated heterocycles. The number of nitrogens with one attached hydrogen (secondary N) is 1. The standard InChI is InChI=1S/C12H14ClN3O/c1-7-3-10(14)9(13)4-11(7)15-6-12-16-5-8(2)17-12/h3-5,15H,6,14H2,1-2H3. The monoisotopic (exact) mass is 251 g/mol. The molecule has 0 fully saturated rings. The molecule has 0 spiro atoms. The molecule has 3 N–H and O–H groups in total. The largest absolute Gasteiger partial charge is 0.444 e. The number of benzene rings is 1. The van der Waals surface area contributed by atoms with Gasteiger partial charge >= 0.3 is 0 Å². The number of nitrogen functional groups attached to an aromatic ring is 1. The van der Waals surface area contributed by atoms with Gasteiger partial charge in [0.15, 0.2) is 0 Å². The van der Waals surface area contributed by atoms with E-state index in [0.29, 0.717) is 23.1 Å². The second-order valence-electron chi connectivity index (χ2n) is 3.91. The first kappa shape index (κ1) is 11.8. The molecule has 4 nitrogen and oxygen atoms in total. The van der Waals surface area contributed by atoms with E-state index < -0.39 is 0 Å². The average molecular weight is 252 g/mol. The Morgan fingerprint density at radius 1 is 1.41 bits per heavy atom. The van der Waals surface area contributed by atoms with E-state index in [9.17, 15) is 0 Å². The highest BCUT2D eigenvalue weighted by Gasteiger charge is 2.05. The van der Waals surface area contributed by atoms with Crippen LogP contribution in [0.15, 0.2) is 22.7 Å². The summed E-state index contributed by atoms with van der Waals surface area (Å²) in [7, 11) is 0. The van der Waals surface area contributed by atoms with Crippen LogP contribution in [-0.4, -0.2) is 4.98 Å². The zero-order valence-electron chi connectivity index (χ0n) is 9.75. The lowest BCUT2D eigenvalue weighted by molar-refractivity contribution is 0.479. The van der Waals surface area contributed by atoms with E-state index >= 15 is 0 Å². The first-order valence-electron chi connectivity index (χ1n) is 5.27. The maximum Gasteiger partial charge on any atom is 0.213 e. The number of rotatable bonds is 3. The number of aryl methyl sites for hydroxylation is 2. The van der Waals surface area contributed by atoms with Gasteiger partial charge in [-0.1, -0.05) is 11.6 Å². The third-order valence-corrected chi connectivity index (χ3v) is 2.77. The second-order valence-corrected chi connectivity index (χ2v) is 4.31. The van der Waals surface area contributed by atoms with Crippen LogP contribution in [0.5, 0.6) is 0 Å². The second kappa shape index (κ2) is 4.67. The third kappa shape index (κ3) is 2.71. The molecule has 2 aromatic rings. The van der Waals surface area contributed by atoms with Crippen molar-refractivity contribution < 1.29 is 4.42 Å². The zero-order chi connectivity index (χ0) is 12.4. The molecule has 0 saturated carbocycles. The maximum atomic E-state index is 5.97. The van der Waals surface area contributed by atoms with E-state index in [0.717, 1.165) is 17.0 Å². The Labute approximate surface area is 105 Å². The molecule has 2 rings (SSSR count). The Morgan fingerprint density at radius 3 is 2.82 bits per heavy atom. The molecule has 0 atom stereocenters. The summed E-state index contributed by atoms with van der Waals surface area (Å²) in [6, 6.07) is 3.65. The Bertz CT molecular complexity index is 537. The molecule has 0 unspecified atom stereocenters. The Kier molecular flexibility index (Phi) is 3.24. The molecule has 0 aliphatic heterocycles. The molecule has 0 aliphatic carbocycles. The molecule has 1 heterocycles. The molecular formula is C12H14ClN3O. The van der Waals surface area contributed by atoms with Crippen LogP contribution in [0.25, 0.3) is 0 Å². The first-order valence-corrected chi connectivity index (χ1v) is 5.65. The van der Waals surface area contributed by atoms with Crippen LogP contribution in [0.2, 0.25) is 5.02 Å². The first-order chi connectivity index (χ1) is 8.06. The number of hydrogen-bond donors (Lipinski definition) is 2. The van der Waals surface area contributed by atoms with Gasteiger partial charge in [0.25, 0.3) is 0 Å². The van der Waals surface area contributed by atoms with Gasteiger partial charge in [-0.2, -0.15) is 0 Å². The Hall–Kier alpha value is -1.68. The molecule has 5 heteroatoms. The van der Waals surface area contributed by atoms with Crippen molar-refractivity contribution in [2.75, 3.05) is 11.1 Å². The lowest BCUT2D eigenvalue weighted by atomic mass is 10.2. The number of aromatic nitrogens is 1. The van der Waals surface area contributed by atoms with Gasteiger partial charge in [-0.25, -0.2) is 4.98 Å². The average Bonchev–Trinajstić information content (AvgIpc) is 2.68. The van der Waals surface area contributed by atoms with Crippen LogP contribution in [0.4, 0.5) is 11.4 Å². The van der Waals surface area contributed by atoms with Crippen molar-refractivity contribution in [2.24, 2.45) is 0 Å². The van der Waals surface area contributed by atoms with Crippen molar-refractivity contribution in [3.05, 3.63) is 40.6 Å². The van der Waals surface area contributed by atoms with Gasteiger partial charge in [0, 0.05) is 5.69 Å². The molecule has 90 valence electrons. The van der Waals surface area contributed by atoms with Crippen molar-refractivity contribution in [1.82, 2.24) is 4.98 Å². The summed E-state index contributed by atoms with van der Waals surface area (Å²) in [5, 5.41) is 3.76. The number of hydrogen-bond acceptors (Lipinski definition) is 4. The highest BCUT2D eigenvalue weighted by Crippen LogP contribution is 2.26. The normalized spacial score (nSPS) is 10.5. The Balaban J connectivity index is 2.11. The minimum absolute atomic E-state index is 0.523. The number of halogens is 1. The van der Waals surface area contributed by atoms with E-state index in [4.69, 9.17) is 21.8 Å². The minimum Gasteiger partial charge on any atom is -0.444 e. The fourth-order valence-corrected chi connectivity index (χ4v) is 1.71. The van der Waals surface area contributed by atoms with Crippen LogP contribution in [0.1, 0.15) is 17.2 Å². The predicted octanol–water partition coefficient (Wildman–Crippen LogP) is 3.14. The number of oxazole rings is 1. The van der Waals surface area contributed by atoms with Crippen LogP contribution in [0, 0.1) is 13.8 Å². The van der Waals surface area contributed by atoms with Crippen LogP contribution >= 0.6 is 11.6 Å².